The Hall–Kier alpha value is 1.13. The summed E-state index contributed by atoms with van der Waals surface area (Å²) in [6.45, 7) is 2.91. The Bertz CT molecular complexity index is 172. The summed E-state index contributed by atoms with van der Waals surface area (Å²) >= 11 is 2.46. The Kier molecular flexibility index (Phi) is 5.98. The Morgan fingerprint density at radius 2 is 1.75 bits per heavy atom. The van der Waals surface area contributed by atoms with Crippen LogP contribution in [0.5, 0.6) is 0 Å². The second-order valence-electron chi connectivity index (χ2n) is 0.830. The molecule has 0 atom stereocenters. The van der Waals surface area contributed by atoms with E-state index in [9.17, 15) is 8.42 Å². The predicted molar refractivity (Wildman–Crippen MR) is 36.8 cm³/mol. The quantitative estimate of drug-likeness (QED) is 0.494. The average Bonchev–Trinajstić information content (AvgIpc) is 1.31. The van der Waals surface area contributed by atoms with Gasteiger partial charge in [0.2, 0.25) is 0 Å². The van der Waals surface area contributed by atoms with Crippen LogP contribution in [-0.4, -0.2) is 42.5 Å². The van der Waals surface area contributed by atoms with E-state index in [4.69, 9.17) is 4.55 Å². The topological polar surface area (TPSA) is 54.4 Å². The van der Waals surface area contributed by atoms with Crippen molar-refractivity contribution in [3.05, 3.63) is 10.4 Å². The molecule has 0 spiro atoms. The molecule has 0 aliphatic rings. The third kappa shape index (κ3) is 5.27. The van der Waals surface area contributed by atoms with Gasteiger partial charge in [0, 0.05) is 0 Å². The molecule has 6 heteroatoms. The fourth-order valence-electron chi connectivity index (χ4n) is 0. The molecule has 1 N–H and O–H groups in total. The van der Waals surface area contributed by atoms with E-state index in [0.29, 0.717) is 0 Å². The molecule has 0 aromatic rings. The second-order valence-corrected chi connectivity index (χ2v) is 3.76. The SMILES string of the molecule is C=C(Br)S(=O)(=O)O.[NaH]. The zero-order valence-corrected chi connectivity index (χ0v) is 5.66. The first-order chi connectivity index (χ1) is 2.94. The maximum atomic E-state index is 9.74. The molecule has 44 valence electrons. The standard InChI is InChI=1S/C2H3BrO3S.Na.H/c1-2(3)7(4,5)6;;/h1H2,(H,4,5,6);;. The summed E-state index contributed by atoms with van der Waals surface area (Å²) in [7, 11) is -4.02. The monoisotopic (exact) mass is 210 g/mol. The van der Waals surface area contributed by atoms with Crippen molar-refractivity contribution < 1.29 is 13.0 Å². The summed E-state index contributed by atoms with van der Waals surface area (Å²) in [6.07, 6.45) is 0. The molecule has 0 amide bonds. The van der Waals surface area contributed by atoms with Crippen LogP contribution in [-0.2, 0) is 10.1 Å². The summed E-state index contributed by atoms with van der Waals surface area (Å²) in [6, 6.07) is 0. The van der Waals surface area contributed by atoms with E-state index in [1.54, 1.807) is 0 Å². The Balaban J connectivity index is 0. The normalized spacial score (nSPS) is 9.75. The van der Waals surface area contributed by atoms with E-state index < -0.39 is 13.9 Å². The Morgan fingerprint density at radius 3 is 1.75 bits per heavy atom. The summed E-state index contributed by atoms with van der Waals surface area (Å²) in [5.74, 6) is 0. The van der Waals surface area contributed by atoms with Gasteiger partial charge in [-0.05, 0) is 15.9 Å². The summed E-state index contributed by atoms with van der Waals surface area (Å²) in [4.78, 5) is 0. The van der Waals surface area contributed by atoms with Gasteiger partial charge in [0.25, 0.3) is 0 Å². The molecule has 0 unspecified atom stereocenters. The van der Waals surface area contributed by atoms with Crippen molar-refractivity contribution in [3.63, 3.8) is 0 Å². The maximum absolute atomic E-state index is 9.74. The van der Waals surface area contributed by atoms with Gasteiger partial charge < -0.3 is 0 Å². The molecule has 0 aromatic heterocycles. The molecule has 0 saturated heterocycles. The second kappa shape index (κ2) is 4.03. The molecule has 0 fully saturated rings. The van der Waals surface area contributed by atoms with E-state index in [-0.39, 0.29) is 29.6 Å². The molecule has 0 heterocycles. The first kappa shape index (κ1) is 11.9. The van der Waals surface area contributed by atoms with Crippen LogP contribution in [0.4, 0.5) is 0 Å². The summed E-state index contributed by atoms with van der Waals surface area (Å²) in [5, 5.41) is 0. The molecule has 0 radical (unpaired) electrons. The van der Waals surface area contributed by atoms with Crippen molar-refractivity contribution >= 4 is 55.6 Å². The molecular formula is C2H4BrNaO3S. The van der Waals surface area contributed by atoms with Gasteiger partial charge in [0.15, 0.2) is 0 Å². The Morgan fingerprint density at radius 1 is 1.62 bits per heavy atom. The van der Waals surface area contributed by atoms with Gasteiger partial charge in [-0.1, -0.05) is 6.58 Å². The first-order valence-corrected chi connectivity index (χ1v) is 3.50. The van der Waals surface area contributed by atoms with Crippen LogP contribution in [0.3, 0.4) is 0 Å². The van der Waals surface area contributed by atoms with Crippen LogP contribution >= 0.6 is 15.9 Å². The van der Waals surface area contributed by atoms with E-state index in [2.05, 4.69) is 22.5 Å². The van der Waals surface area contributed by atoms with Crippen LogP contribution in [0.1, 0.15) is 0 Å². The third-order valence-electron chi connectivity index (χ3n) is 0.280. The number of hydrogen-bond acceptors (Lipinski definition) is 2. The van der Waals surface area contributed by atoms with Crippen molar-refractivity contribution in [1.29, 1.82) is 0 Å². The Labute approximate surface area is 78.3 Å². The predicted octanol–water partition coefficient (Wildman–Crippen LogP) is 0.0918. The summed E-state index contributed by atoms with van der Waals surface area (Å²) < 4.78 is 27.0. The van der Waals surface area contributed by atoms with Crippen molar-refractivity contribution in [2.45, 2.75) is 0 Å². The molecule has 0 saturated carbocycles. The van der Waals surface area contributed by atoms with Gasteiger partial charge in [-0.2, -0.15) is 8.42 Å². The first-order valence-electron chi connectivity index (χ1n) is 1.26. The van der Waals surface area contributed by atoms with E-state index in [1.807, 2.05) is 0 Å². The molecule has 0 bridgehead atoms. The fourth-order valence-corrected chi connectivity index (χ4v) is 0. The zero-order chi connectivity index (χ0) is 6.08. The van der Waals surface area contributed by atoms with Crippen LogP contribution in [0, 0.1) is 0 Å². The number of halogens is 1. The molecule has 0 aliphatic carbocycles. The fraction of sp³-hybridized carbons (Fsp3) is 0. The number of hydrogen-bond donors (Lipinski definition) is 1. The average molecular weight is 211 g/mol. The molecule has 8 heavy (non-hydrogen) atoms. The van der Waals surface area contributed by atoms with Crippen molar-refractivity contribution in [2.24, 2.45) is 0 Å². The van der Waals surface area contributed by atoms with Crippen LogP contribution in [0.25, 0.3) is 0 Å². The minimum atomic E-state index is -4.02. The van der Waals surface area contributed by atoms with Crippen LogP contribution in [0.15, 0.2) is 10.4 Å². The summed E-state index contributed by atoms with van der Waals surface area (Å²) in [5.41, 5.74) is 0. The van der Waals surface area contributed by atoms with Gasteiger partial charge in [0.05, 0.1) is 0 Å². The van der Waals surface area contributed by atoms with Crippen molar-refractivity contribution in [3.8, 4) is 0 Å². The minimum absolute atomic E-state index is 0. The molecule has 0 rings (SSSR count). The van der Waals surface area contributed by atoms with Gasteiger partial charge in [0.1, 0.15) is 3.81 Å². The molecular weight excluding hydrogens is 207 g/mol. The van der Waals surface area contributed by atoms with Crippen molar-refractivity contribution in [1.82, 2.24) is 0 Å². The zero-order valence-electron chi connectivity index (χ0n) is 3.26. The number of rotatable bonds is 1. The molecule has 0 aliphatic heterocycles. The molecule has 3 nitrogen and oxygen atoms in total. The van der Waals surface area contributed by atoms with Gasteiger partial charge in [-0.25, -0.2) is 0 Å². The van der Waals surface area contributed by atoms with Crippen LogP contribution in [0.2, 0.25) is 0 Å². The van der Waals surface area contributed by atoms with Gasteiger partial charge in [-0.3, -0.25) is 4.55 Å². The third-order valence-corrected chi connectivity index (χ3v) is 2.07. The van der Waals surface area contributed by atoms with E-state index >= 15 is 0 Å². The van der Waals surface area contributed by atoms with E-state index in [0.717, 1.165) is 0 Å². The van der Waals surface area contributed by atoms with Gasteiger partial charge in [-0.15, -0.1) is 0 Å². The van der Waals surface area contributed by atoms with Crippen molar-refractivity contribution in [2.75, 3.05) is 0 Å². The molecule has 0 aromatic carbocycles. The van der Waals surface area contributed by atoms with Crippen LogP contribution < -0.4 is 0 Å². The van der Waals surface area contributed by atoms with E-state index in [1.165, 1.54) is 0 Å². The van der Waals surface area contributed by atoms with Gasteiger partial charge >= 0.3 is 39.7 Å².